The molecule has 98 valence electrons. The van der Waals surface area contributed by atoms with Crippen molar-refractivity contribution in [3.8, 4) is 0 Å². The first-order valence-corrected chi connectivity index (χ1v) is 6.52. The van der Waals surface area contributed by atoms with Gasteiger partial charge >= 0.3 is 0 Å². The van der Waals surface area contributed by atoms with Crippen molar-refractivity contribution >= 4 is 17.4 Å². The normalized spacial score (nSPS) is 33.2. The zero-order chi connectivity index (χ0) is 13.4. The van der Waals surface area contributed by atoms with Gasteiger partial charge in [0.25, 0.3) is 0 Å². The molecule has 3 nitrogen and oxygen atoms in total. The van der Waals surface area contributed by atoms with Crippen molar-refractivity contribution in [1.29, 1.82) is 0 Å². The molecule has 1 aliphatic rings. The van der Waals surface area contributed by atoms with Crippen molar-refractivity contribution in [3.05, 3.63) is 34.9 Å². The van der Waals surface area contributed by atoms with Crippen molar-refractivity contribution in [2.75, 3.05) is 0 Å². The largest absolute Gasteiger partial charge is 0.390 e. The summed E-state index contributed by atoms with van der Waals surface area (Å²) in [5.41, 5.74) is 5.07. The lowest BCUT2D eigenvalue weighted by Crippen LogP contribution is -2.44. The highest BCUT2D eigenvalue weighted by atomic mass is 35.5. The molecule has 0 radical (unpaired) electrons. The standard InChI is InChI=1S/C14H18ClNO2/c1-13(18)7-6-12(17)14(16,9-8-13)10-4-2-3-5-11(10)15/h2-5,18H,6-9,16H2,1H3. The van der Waals surface area contributed by atoms with Gasteiger partial charge in [0.2, 0.25) is 0 Å². The zero-order valence-corrected chi connectivity index (χ0v) is 11.2. The van der Waals surface area contributed by atoms with Gasteiger partial charge in [-0.3, -0.25) is 4.79 Å². The van der Waals surface area contributed by atoms with E-state index in [1.807, 2.05) is 12.1 Å². The van der Waals surface area contributed by atoms with Crippen LogP contribution in [-0.2, 0) is 10.3 Å². The lowest BCUT2D eigenvalue weighted by molar-refractivity contribution is -0.124. The maximum atomic E-state index is 12.3. The minimum absolute atomic E-state index is 0.0478. The van der Waals surface area contributed by atoms with Gasteiger partial charge in [-0.15, -0.1) is 0 Å². The van der Waals surface area contributed by atoms with Gasteiger partial charge in [-0.25, -0.2) is 0 Å². The summed E-state index contributed by atoms with van der Waals surface area (Å²) in [5, 5.41) is 10.6. The average molecular weight is 268 g/mol. The summed E-state index contributed by atoms with van der Waals surface area (Å²) in [4.78, 5) is 12.3. The lowest BCUT2D eigenvalue weighted by Gasteiger charge is -2.28. The Kier molecular flexibility index (Phi) is 3.49. The number of halogens is 1. The van der Waals surface area contributed by atoms with Crippen molar-refractivity contribution in [2.24, 2.45) is 5.73 Å². The molecule has 1 aliphatic carbocycles. The molecular formula is C14H18ClNO2. The van der Waals surface area contributed by atoms with Gasteiger partial charge in [0.1, 0.15) is 5.54 Å². The number of nitrogens with two attached hydrogens (primary N) is 1. The fourth-order valence-corrected chi connectivity index (χ4v) is 2.75. The van der Waals surface area contributed by atoms with Gasteiger partial charge in [-0.05, 0) is 37.8 Å². The van der Waals surface area contributed by atoms with E-state index in [0.717, 1.165) is 0 Å². The molecule has 0 spiro atoms. The second-order valence-corrected chi connectivity index (χ2v) is 5.78. The van der Waals surface area contributed by atoms with Crippen molar-refractivity contribution < 1.29 is 9.90 Å². The maximum absolute atomic E-state index is 12.3. The molecule has 1 aromatic carbocycles. The Morgan fingerprint density at radius 1 is 1.28 bits per heavy atom. The zero-order valence-electron chi connectivity index (χ0n) is 10.4. The first kappa shape index (κ1) is 13.5. The van der Waals surface area contributed by atoms with Crippen LogP contribution in [0.1, 0.15) is 38.2 Å². The number of carbonyl (C=O) groups is 1. The topological polar surface area (TPSA) is 63.3 Å². The highest BCUT2D eigenvalue weighted by molar-refractivity contribution is 6.31. The summed E-state index contributed by atoms with van der Waals surface area (Å²) >= 11 is 6.14. The number of rotatable bonds is 1. The summed E-state index contributed by atoms with van der Waals surface area (Å²) < 4.78 is 0. The van der Waals surface area contributed by atoms with E-state index in [4.69, 9.17) is 17.3 Å². The van der Waals surface area contributed by atoms with E-state index in [-0.39, 0.29) is 12.2 Å². The highest BCUT2D eigenvalue weighted by Crippen LogP contribution is 2.37. The monoisotopic (exact) mass is 267 g/mol. The molecule has 18 heavy (non-hydrogen) atoms. The van der Waals surface area contributed by atoms with Crippen molar-refractivity contribution in [3.63, 3.8) is 0 Å². The van der Waals surface area contributed by atoms with E-state index in [9.17, 15) is 9.90 Å². The van der Waals surface area contributed by atoms with Gasteiger partial charge in [-0.2, -0.15) is 0 Å². The molecule has 0 aromatic heterocycles. The van der Waals surface area contributed by atoms with Crippen molar-refractivity contribution in [1.82, 2.24) is 0 Å². The van der Waals surface area contributed by atoms with E-state index in [1.165, 1.54) is 0 Å². The van der Waals surface area contributed by atoms with Crippen LogP contribution in [0, 0.1) is 0 Å². The minimum atomic E-state index is -1.07. The molecule has 0 bridgehead atoms. The summed E-state index contributed by atoms with van der Waals surface area (Å²) in [6.07, 6.45) is 1.66. The summed E-state index contributed by atoms with van der Waals surface area (Å²) in [5.74, 6) is -0.0478. The third-order valence-corrected chi connectivity index (χ3v) is 4.13. The second-order valence-electron chi connectivity index (χ2n) is 5.37. The number of aliphatic hydroxyl groups is 1. The molecular weight excluding hydrogens is 250 g/mol. The van der Waals surface area contributed by atoms with Crippen LogP contribution in [0.25, 0.3) is 0 Å². The van der Waals surface area contributed by atoms with Crippen LogP contribution < -0.4 is 5.73 Å². The highest BCUT2D eigenvalue weighted by Gasteiger charge is 2.42. The molecule has 2 rings (SSSR count). The molecule has 4 heteroatoms. The molecule has 0 saturated heterocycles. The van der Waals surface area contributed by atoms with E-state index >= 15 is 0 Å². The number of Topliss-reactive ketones (excluding diaryl/α,β-unsaturated/α-hetero) is 1. The van der Waals surface area contributed by atoms with E-state index < -0.39 is 11.1 Å². The fraction of sp³-hybridized carbons (Fsp3) is 0.500. The third-order valence-electron chi connectivity index (χ3n) is 3.80. The first-order chi connectivity index (χ1) is 8.35. The van der Waals surface area contributed by atoms with Gasteiger partial charge in [0.15, 0.2) is 5.78 Å². The Hall–Kier alpha value is -0.900. The molecule has 0 amide bonds. The quantitative estimate of drug-likeness (QED) is 0.768. The maximum Gasteiger partial charge on any atom is 0.157 e. The molecule has 3 N–H and O–H groups in total. The van der Waals surface area contributed by atoms with Gasteiger partial charge in [-0.1, -0.05) is 29.8 Å². The van der Waals surface area contributed by atoms with E-state index in [2.05, 4.69) is 0 Å². The third kappa shape index (κ3) is 2.44. The molecule has 2 atom stereocenters. The van der Waals surface area contributed by atoms with Crippen LogP contribution >= 0.6 is 11.6 Å². The number of hydrogen-bond acceptors (Lipinski definition) is 3. The lowest BCUT2D eigenvalue weighted by atomic mass is 9.82. The number of ketones is 1. The Bertz CT molecular complexity index is 473. The summed E-state index contributed by atoms with van der Waals surface area (Å²) in [6, 6.07) is 7.17. The Labute approximate surface area is 112 Å². The average Bonchev–Trinajstić information content (AvgIpc) is 2.43. The summed E-state index contributed by atoms with van der Waals surface area (Å²) in [6.45, 7) is 1.75. The fourth-order valence-electron chi connectivity index (χ4n) is 2.44. The molecule has 1 aromatic rings. The van der Waals surface area contributed by atoms with Crippen LogP contribution in [0.15, 0.2) is 24.3 Å². The smallest absolute Gasteiger partial charge is 0.157 e. The molecule has 2 unspecified atom stereocenters. The van der Waals surface area contributed by atoms with Gasteiger partial charge in [0, 0.05) is 11.4 Å². The van der Waals surface area contributed by atoms with Crippen LogP contribution in [-0.4, -0.2) is 16.5 Å². The number of hydrogen-bond donors (Lipinski definition) is 2. The molecule has 0 heterocycles. The molecule has 1 saturated carbocycles. The predicted octanol–water partition coefficient (Wildman–Crippen LogP) is 2.39. The first-order valence-electron chi connectivity index (χ1n) is 6.15. The number of benzene rings is 1. The molecule has 0 aliphatic heterocycles. The van der Waals surface area contributed by atoms with Crippen LogP contribution in [0.5, 0.6) is 0 Å². The van der Waals surface area contributed by atoms with Crippen LogP contribution in [0.4, 0.5) is 0 Å². The Balaban J connectivity index is 2.41. The predicted molar refractivity (Wildman–Crippen MR) is 71.4 cm³/mol. The van der Waals surface area contributed by atoms with Crippen molar-refractivity contribution in [2.45, 2.75) is 43.7 Å². The number of carbonyl (C=O) groups excluding carboxylic acids is 1. The minimum Gasteiger partial charge on any atom is -0.390 e. The second kappa shape index (κ2) is 4.65. The van der Waals surface area contributed by atoms with E-state index in [0.29, 0.717) is 29.8 Å². The van der Waals surface area contributed by atoms with Gasteiger partial charge in [0.05, 0.1) is 5.60 Å². The summed E-state index contributed by atoms with van der Waals surface area (Å²) in [7, 11) is 0. The Morgan fingerprint density at radius 2 is 1.94 bits per heavy atom. The van der Waals surface area contributed by atoms with E-state index in [1.54, 1.807) is 19.1 Å². The van der Waals surface area contributed by atoms with Crippen LogP contribution in [0.3, 0.4) is 0 Å². The Morgan fingerprint density at radius 3 is 2.61 bits per heavy atom. The van der Waals surface area contributed by atoms with Crippen LogP contribution in [0.2, 0.25) is 5.02 Å². The van der Waals surface area contributed by atoms with Gasteiger partial charge < -0.3 is 10.8 Å². The SMILES string of the molecule is CC1(O)CCC(=O)C(N)(c2ccccc2Cl)CC1. The molecule has 1 fully saturated rings.